The highest BCUT2D eigenvalue weighted by Crippen LogP contribution is 2.38. The number of benzene rings is 2. The van der Waals surface area contributed by atoms with Gasteiger partial charge in [-0.25, -0.2) is 0 Å². The number of hydrogen-bond donors (Lipinski definition) is 1. The molecule has 1 heterocycles. The van der Waals surface area contributed by atoms with E-state index in [0.717, 1.165) is 20.7 Å². The summed E-state index contributed by atoms with van der Waals surface area (Å²) in [7, 11) is 0. The molecule has 1 aromatic heterocycles. The van der Waals surface area contributed by atoms with Gasteiger partial charge in [0, 0.05) is 10.1 Å². The van der Waals surface area contributed by atoms with Crippen LogP contribution < -0.4 is 4.74 Å². The van der Waals surface area contributed by atoms with Gasteiger partial charge in [-0.05, 0) is 30.2 Å². The van der Waals surface area contributed by atoms with Crippen molar-refractivity contribution < 1.29 is 9.84 Å². The first-order chi connectivity index (χ1) is 9.79. The maximum absolute atomic E-state index is 9.50. The van der Waals surface area contributed by atoms with Gasteiger partial charge < -0.3 is 9.84 Å². The average molecular weight is 284 g/mol. The largest absolute Gasteiger partial charge is 0.487 e. The standard InChI is InChI=1S/C17H16O2S/c1-12-6-2-3-7-13(12)11-19-17-14-8-4-5-9-15(14)20-16(17)10-18/h2-9,18H,10-11H2,1H3. The third-order valence-corrected chi connectivity index (χ3v) is 4.53. The van der Waals surface area contributed by atoms with Crippen molar-refractivity contribution in [2.45, 2.75) is 20.1 Å². The van der Waals surface area contributed by atoms with E-state index >= 15 is 0 Å². The monoisotopic (exact) mass is 284 g/mol. The molecule has 0 amide bonds. The second-order valence-electron chi connectivity index (χ2n) is 4.72. The molecular formula is C17H16O2S. The van der Waals surface area contributed by atoms with Gasteiger partial charge in [0.15, 0.2) is 0 Å². The van der Waals surface area contributed by atoms with E-state index in [-0.39, 0.29) is 6.61 Å². The number of thiophene rings is 1. The topological polar surface area (TPSA) is 29.5 Å². The molecule has 3 rings (SSSR count). The van der Waals surface area contributed by atoms with Gasteiger partial charge in [0.1, 0.15) is 12.4 Å². The van der Waals surface area contributed by atoms with E-state index in [4.69, 9.17) is 4.74 Å². The normalized spacial score (nSPS) is 10.9. The maximum atomic E-state index is 9.50. The summed E-state index contributed by atoms with van der Waals surface area (Å²) in [6, 6.07) is 16.3. The summed E-state index contributed by atoms with van der Waals surface area (Å²) in [6.07, 6.45) is 0. The lowest BCUT2D eigenvalue weighted by molar-refractivity contribution is 0.265. The molecule has 0 spiro atoms. The first kappa shape index (κ1) is 13.2. The van der Waals surface area contributed by atoms with Gasteiger partial charge in [-0.3, -0.25) is 0 Å². The third-order valence-electron chi connectivity index (χ3n) is 3.39. The van der Waals surface area contributed by atoms with Crippen LogP contribution in [0.4, 0.5) is 0 Å². The number of aliphatic hydroxyl groups is 1. The summed E-state index contributed by atoms with van der Waals surface area (Å²) < 4.78 is 7.15. The van der Waals surface area contributed by atoms with E-state index in [2.05, 4.69) is 25.1 Å². The van der Waals surface area contributed by atoms with Crippen molar-refractivity contribution in [3.63, 3.8) is 0 Å². The average Bonchev–Trinajstić information content (AvgIpc) is 2.84. The zero-order valence-corrected chi connectivity index (χ0v) is 12.1. The predicted octanol–water partition coefficient (Wildman–Crippen LogP) is 4.28. The number of rotatable bonds is 4. The van der Waals surface area contributed by atoms with E-state index in [1.54, 1.807) is 11.3 Å². The molecule has 0 radical (unpaired) electrons. The summed E-state index contributed by atoms with van der Waals surface area (Å²) in [6.45, 7) is 2.63. The van der Waals surface area contributed by atoms with Crippen LogP contribution in [0.1, 0.15) is 16.0 Å². The minimum absolute atomic E-state index is 0.0163. The Bertz CT molecular complexity index is 731. The molecule has 2 nitrogen and oxygen atoms in total. The predicted molar refractivity (Wildman–Crippen MR) is 83.3 cm³/mol. The van der Waals surface area contributed by atoms with E-state index in [1.807, 2.05) is 30.3 Å². The maximum Gasteiger partial charge on any atom is 0.143 e. The van der Waals surface area contributed by atoms with Gasteiger partial charge in [0.2, 0.25) is 0 Å². The van der Waals surface area contributed by atoms with Gasteiger partial charge >= 0.3 is 0 Å². The second kappa shape index (κ2) is 5.65. The Morgan fingerprint density at radius 3 is 2.60 bits per heavy atom. The fourth-order valence-electron chi connectivity index (χ4n) is 2.26. The summed E-state index contributed by atoms with van der Waals surface area (Å²) in [5.74, 6) is 0.816. The molecule has 0 saturated carbocycles. The SMILES string of the molecule is Cc1ccccc1COc1c(CO)sc2ccccc12. The quantitative estimate of drug-likeness (QED) is 0.775. The van der Waals surface area contributed by atoms with E-state index in [0.29, 0.717) is 6.61 Å². The Kier molecular flexibility index (Phi) is 3.72. The Labute approximate surface area is 122 Å². The highest BCUT2D eigenvalue weighted by atomic mass is 32.1. The molecule has 0 aliphatic heterocycles. The van der Waals surface area contributed by atoms with Crippen LogP contribution >= 0.6 is 11.3 Å². The fourth-order valence-corrected chi connectivity index (χ4v) is 3.27. The van der Waals surface area contributed by atoms with Gasteiger partial charge in [-0.1, -0.05) is 36.4 Å². The van der Waals surface area contributed by atoms with Crippen molar-refractivity contribution in [2.75, 3.05) is 0 Å². The smallest absolute Gasteiger partial charge is 0.143 e. The highest BCUT2D eigenvalue weighted by molar-refractivity contribution is 7.19. The van der Waals surface area contributed by atoms with Crippen molar-refractivity contribution in [3.8, 4) is 5.75 Å². The molecule has 3 aromatic rings. The molecule has 20 heavy (non-hydrogen) atoms. The van der Waals surface area contributed by atoms with E-state index in [1.165, 1.54) is 11.1 Å². The summed E-state index contributed by atoms with van der Waals surface area (Å²) in [5.41, 5.74) is 2.39. The molecular weight excluding hydrogens is 268 g/mol. The van der Waals surface area contributed by atoms with Crippen molar-refractivity contribution in [2.24, 2.45) is 0 Å². The summed E-state index contributed by atoms with van der Waals surface area (Å²) >= 11 is 1.59. The minimum atomic E-state index is 0.0163. The van der Waals surface area contributed by atoms with E-state index in [9.17, 15) is 5.11 Å². The van der Waals surface area contributed by atoms with Crippen molar-refractivity contribution in [1.29, 1.82) is 0 Å². The summed E-state index contributed by atoms with van der Waals surface area (Å²) in [5, 5.41) is 10.6. The summed E-state index contributed by atoms with van der Waals surface area (Å²) in [4.78, 5) is 0.889. The van der Waals surface area contributed by atoms with Crippen LogP contribution in [-0.4, -0.2) is 5.11 Å². The number of aliphatic hydroxyl groups excluding tert-OH is 1. The lowest BCUT2D eigenvalue weighted by Crippen LogP contribution is -1.98. The first-order valence-corrected chi connectivity index (χ1v) is 7.40. The number of hydrogen-bond acceptors (Lipinski definition) is 3. The zero-order chi connectivity index (χ0) is 13.9. The van der Waals surface area contributed by atoms with Crippen LogP contribution in [-0.2, 0) is 13.2 Å². The van der Waals surface area contributed by atoms with Crippen molar-refractivity contribution in [1.82, 2.24) is 0 Å². The van der Waals surface area contributed by atoms with Crippen LogP contribution in [0.5, 0.6) is 5.75 Å². The Morgan fingerprint density at radius 1 is 1.05 bits per heavy atom. The van der Waals surface area contributed by atoms with Crippen LogP contribution in [0.25, 0.3) is 10.1 Å². The fraction of sp³-hybridized carbons (Fsp3) is 0.176. The molecule has 102 valence electrons. The number of fused-ring (bicyclic) bond motifs is 1. The second-order valence-corrected chi connectivity index (χ2v) is 5.86. The van der Waals surface area contributed by atoms with Gasteiger partial charge in [-0.15, -0.1) is 11.3 Å². The molecule has 0 fully saturated rings. The molecule has 0 unspecified atom stereocenters. The molecule has 3 heteroatoms. The van der Waals surface area contributed by atoms with Crippen LogP contribution in [0.15, 0.2) is 48.5 Å². The Hall–Kier alpha value is -1.84. The Balaban J connectivity index is 1.92. The van der Waals surface area contributed by atoms with Crippen LogP contribution in [0.3, 0.4) is 0 Å². The number of ether oxygens (including phenoxy) is 1. The molecule has 0 saturated heterocycles. The van der Waals surface area contributed by atoms with Crippen LogP contribution in [0, 0.1) is 6.92 Å². The molecule has 2 aromatic carbocycles. The molecule has 0 atom stereocenters. The van der Waals surface area contributed by atoms with Crippen molar-refractivity contribution in [3.05, 3.63) is 64.5 Å². The lowest BCUT2D eigenvalue weighted by atomic mass is 10.1. The van der Waals surface area contributed by atoms with Gasteiger partial charge in [-0.2, -0.15) is 0 Å². The highest BCUT2D eigenvalue weighted by Gasteiger charge is 2.12. The van der Waals surface area contributed by atoms with Gasteiger partial charge in [0.05, 0.1) is 11.5 Å². The van der Waals surface area contributed by atoms with E-state index < -0.39 is 0 Å². The minimum Gasteiger partial charge on any atom is -0.487 e. The first-order valence-electron chi connectivity index (χ1n) is 6.58. The van der Waals surface area contributed by atoms with Gasteiger partial charge in [0.25, 0.3) is 0 Å². The lowest BCUT2D eigenvalue weighted by Gasteiger charge is -2.09. The van der Waals surface area contributed by atoms with Crippen molar-refractivity contribution >= 4 is 21.4 Å². The Morgan fingerprint density at radius 2 is 1.80 bits per heavy atom. The molecule has 0 aliphatic rings. The zero-order valence-electron chi connectivity index (χ0n) is 11.3. The number of aryl methyl sites for hydroxylation is 1. The molecule has 0 bridgehead atoms. The van der Waals surface area contributed by atoms with Crippen LogP contribution in [0.2, 0.25) is 0 Å². The third kappa shape index (κ3) is 2.42. The molecule has 0 aliphatic carbocycles. The molecule has 1 N–H and O–H groups in total.